The van der Waals surface area contributed by atoms with Gasteiger partial charge < -0.3 is 9.64 Å². The van der Waals surface area contributed by atoms with E-state index in [1.807, 2.05) is 43.1 Å². The Morgan fingerprint density at radius 2 is 2.15 bits per heavy atom. The van der Waals surface area contributed by atoms with Crippen LogP contribution in [0, 0.1) is 0 Å². The number of thiazole rings is 1. The molecule has 4 nitrogen and oxygen atoms in total. The van der Waals surface area contributed by atoms with E-state index in [2.05, 4.69) is 9.72 Å². The molecule has 106 valence electrons. The van der Waals surface area contributed by atoms with E-state index in [1.54, 1.807) is 5.38 Å². The third kappa shape index (κ3) is 2.94. The standard InChI is InChI=1S/C14H15ClN2O2S/c1-9(10-6-4-5-7-11(10)15)17(2)14-16-12(8-20-14)13(18)19-3/h4-9H,1-3H3. The molecule has 0 aliphatic carbocycles. The van der Waals surface area contributed by atoms with Crippen LogP contribution in [0.3, 0.4) is 0 Å². The molecule has 1 heterocycles. The van der Waals surface area contributed by atoms with Gasteiger partial charge in [-0.05, 0) is 18.6 Å². The molecule has 0 bridgehead atoms. The Balaban J connectivity index is 2.23. The summed E-state index contributed by atoms with van der Waals surface area (Å²) in [6.45, 7) is 2.04. The van der Waals surface area contributed by atoms with Gasteiger partial charge >= 0.3 is 5.97 Å². The maximum absolute atomic E-state index is 11.4. The zero-order valence-corrected chi connectivity index (χ0v) is 13.0. The maximum atomic E-state index is 11.4. The molecule has 1 atom stereocenters. The summed E-state index contributed by atoms with van der Waals surface area (Å²) in [7, 11) is 3.27. The van der Waals surface area contributed by atoms with Crippen LogP contribution in [0.5, 0.6) is 0 Å². The average Bonchev–Trinajstić information content (AvgIpc) is 2.95. The van der Waals surface area contributed by atoms with E-state index in [0.29, 0.717) is 5.69 Å². The van der Waals surface area contributed by atoms with Gasteiger partial charge in [-0.3, -0.25) is 0 Å². The SMILES string of the molecule is COC(=O)c1csc(N(C)C(C)c2ccccc2Cl)n1. The molecule has 0 N–H and O–H groups in total. The molecule has 0 spiro atoms. The number of aromatic nitrogens is 1. The van der Waals surface area contributed by atoms with Crippen molar-refractivity contribution in [2.75, 3.05) is 19.1 Å². The van der Waals surface area contributed by atoms with Crippen LogP contribution in [0.4, 0.5) is 5.13 Å². The van der Waals surface area contributed by atoms with Crippen molar-refractivity contribution < 1.29 is 9.53 Å². The lowest BCUT2D eigenvalue weighted by atomic mass is 10.1. The first kappa shape index (κ1) is 14.8. The molecule has 6 heteroatoms. The summed E-state index contributed by atoms with van der Waals surface area (Å²) in [5.74, 6) is -0.425. The van der Waals surface area contributed by atoms with Crippen molar-refractivity contribution in [2.24, 2.45) is 0 Å². The van der Waals surface area contributed by atoms with Crippen LogP contribution < -0.4 is 4.90 Å². The zero-order chi connectivity index (χ0) is 14.7. The third-order valence-corrected chi connectivity index (χ3v) is 4.40. The van der Waals surface area contributed by atoms with Gasteiger partial charge in [0, 0.05) is 17.5 Å². The number of carbonyl (C=O) groups excluding carboxylic acids is 1. The fourth-order valence-corrected chi connectivity index (χ4v) is 2.95. The second-order valence-electron chi connectivity index (χ2n) is 4.32. The first-order valence-corrected chi connectivity index (χ1v) is 7.31. The second kappa shape index (κ2) is 6.24. The largest absolute Gasteiger partial charge is 0.464 e. The Hall–Kier alpha value is -1.59. The molecule has 2 rings (SSSR count). The molecule has 0 saturated carbocycles. The molecule has 2 aromatic rings. The van der Waals surface area contributed by atoms with Crippen molar-refractivity contribution in [1.82, 2.24) is 4.98 Å². The van der Waals surface area contributed by atoms with Crippen molar-refractivity contribution >= 4 is 34.0 Å². The number of nitrogens with zero attached hydrogens (tertiary/aromatic N) is 2. The lowest BCUT2D eigenvalue weighted by Crippen LogP contribution is -2.22. The number of hydrogen-bond donors (Lipinski definition) is 0. The molecule has 20 heavy (non-hydrogen) atoms. The minimum Gasteiger partial charge on any atom is -0.464 e. The van der Waals surface area contributed by atoms with Gasteiger partial charge in [-0.2, -0.15) is 0 Å². The van der Waals surface area contributed by atoms with Gasteiger partial charge in [0.2, 0.25) is 0 Å². The van der Waals surface area contributed by atoms with Gasteiger partial charge in [0.25, 0.3) is 0 Å². The topological polar surface area (TPSA) is 42.4 Å². The number of rotatable bonds is 4. The van der Waals surface area contributed by atoms with E-state index < -0.39 is 5.97 Å². The summed E-state index contributed by atoms with van der Waals surface area (Å²) in [5.41, 5.74) is 1.34. The molecule has 0 fully saturated rings. The van der Waals surface area contributed by atoms with Gasteiger partial charge in [-0.15, -0.1) is 11.3 Å². The number of methoxy groups -OCH3 is 1. The summed E-state index contributed by atoms with van der Waals surface area (Å²) in [4.78, 5) is 17.7. The number of carbonyl (C=O) groups is 1. The highest BCUT2D eigenvalue weighted by molar-refractivity contribution is 7.13. The number of esters is 1. The zero-order valence-electron chi connectivity index (χ0n) is 11.5. The Morgan fingerprint density at radius 1 is 1.45 bits per heavy atom. The van der Waals surface area contributed by atoms with Gasteiger partial charge in [0.1, 0.15) is 0 Å². The lowest BCUT2D eigenvalue weighted by Gasteiger charge is -2.25. The van der Waals surface area contributed by atoms with E-state index in [4.69, 9.17) is 11.6 Å². The summed E-state index contributed by atoms with van der Waals surface area (Å²) >= 11 is 7.61. The quantitative estimate of drug-likeness (QED) is 0.806. The molecular formula is C14H15ClN2O2S. The highest BCUT2D eigenvalue weighted by Gasteiger charge is 2.19. The predicted molar refractivity (Wildman–Crippen MR) is 81.7 cm³/mol. The van der Waals surface area contributed by atoms with Gasteiger partial charge in [-0.1, -0.05) is 29.8 Å². The number of ether oxygens (including phenoxy) is 1. The van der Waals surface area contributed by atoms with E-state index in [1.165, 1.54) is 18.4 Å². The number of anilines is 1. The van der Waals surface area contributed by atoms with E-state index >= 15 is 0 Å². The Morgan fingerprint density at radius 3 is 2.80 bits per heavy atom. The fourth-order valence-electron chi connectivity index (χ4n) is 1.81. The Bertz CT molecular complexity index is 615. The molecule has 1 aromatic carbocycles. The van der Waals surface area contributed by atoms with Gasteiger partial charge in [-0.25, -0.2) is 9.78 Å². The van der Waals surface area contributed by atoms with Crippen molar-refractivity contribution in [3.63, 3.8) is 0 Å². The van der Waals surface area contributed by atoms with Crippen molar-refractivity contribution in [3.8, 4) is 0 Å². The maximum Gasteiger partial charge on any atom is 0.357 e. The van der Waals surface area contributed by atoms with Gasteiger partial charge in [0.05, 0.1) is 13.2 Å². The molecule has 0 saturated heterocycles. The monoisotopic (exact) mass is 310 g/mol. The van der Waals surface area contributed by atoms with E-state index in [-0.39, 0.29) is 6.04 Å². The van der Waals surface area contributed by atoms with Crippen LogP contribution in [0.15, 0.2) is 29.6 Å². The van der Waals surface area contributed by atoms with E-state index in [0.717, 1.165) is 15.7 Å². The summed E-state index contributed by atoms with van der Waals surface area (Å²) < 4.78 is 4.66. The molecular weight excluding hydrogens is 296 g/mol. The molecule has 0 radical (unpaired) electrons. The smallest absolute Gasteiger partial charge is 0.357 e. The molecule has 0 aliphatic rings. The van der Waals surface area contributed by atoms with Crippen LogP contribution >= 0.6 is 22.9 Å². The van der Waals surface area contributed by atoms with E-state index in [9.17, 15) is 4.79 Å². The highest BCUT2D eigenvalue weighted by Crippen LogP contribution is 2.31. The summed E-state index contributed by atoms with van der Waals surface area (Å²) in [5, 5.41) is 3.16. The Kier molecular flexibility index (Phi) is 4.62. The molecule has 1 aromatic heterocycles. The average molecular weight is 311 g/mol. The normalized spacial score (nSPS) is 12.0. The minimum absolute atomic E-state index is 0.0559. The van der Waals surface area contributed by atoms with Crippen LogP contribution in [0.2, 0.25) is 5.02 Å². The Labute approximate surface area is 127 Å². The number of benzene rings is 1. The summed E-state index contributed by atoms with van der Waals surface area (Å²) in [6, 6.07) is 7.76. The predicted octanol–water partition coefficient (Wildman–Crippen LogP) is 3.78. The van der Waals surface area contributed by atoms with Crippen LogP contribution in [-0.2, 0) is 4.74 Å². The minimum atomic E-state index is -0.425. The molecule has 0 aliphatic heterocycles. The van der Waals surface area contributed by atoms with Crippen LogP contribution in [0.1, 0.15) is 29.0 Å². The summed E-state index contributed by atoms with van der Waals surface area (Å²) in [6.07, 6.45) is 0. The second-order valence-corrected chi connectivity index (χ2v) is 5.56. The number of hydrogen-bond acceptors (Lipinski definition) is 5. The van der Waals surface area contributed by atoms with Crippen LogP contribution in [0.25, 0.3) is 0 Å². The van der Waals surface area contributed by atoms with Crippen molar-refractivity contribution in [3.05, 3.63) is 45.9 Å². The third-order valence-electron chi connectivity index (χ3n) is 3.12. The highest BCUT2D eigenvalue weighted by atomic mass is 35.5. The fraction of sp³-hybridized carbons (Fsp3) is 0.286. The molecule has 0 amide bonds. The van der Waals surface area contributed by atoms with Crippen molar-refractivity contribution in [1.29, 1.82) is 0 Å². The van der Waals surface area contributed by atoms with Crippen molar-refractivity contribution in [2.45, 2.75) is 13.0 Å². The first-order chi connectivity index (χ1) is 9.54. The number of halogens is 1. The lowest BCUT2D eigenvalue weighted by molar-refractivity contribution is 0.0595. The molecule has 1 unspecified atom stereocenters. The van der Waals surface area contributed by atoms with Crippen LogP contribution in [-0.4, -0.2) is 25.1 Å². The first-order valence-electron chi connectivity index (χ1n) is 6.05. The van der Waals surface area contributed by atoms with Gasteiger partial charge in [0.15, 0.2) is 10.8 Å².